The molecule has 9 nitrogen and oxygen atoms in total. The highest BCUT2D eigenvalue weighted by molar-refractivity contribution is 7.71. The molecule has 2 atom stereocenters. The van der Waals surface area contributed by atoms with Gasteiger partial charge in [0.15, 0.2) is 0 Å². The molecule has 0 spiro atoms. The fourth-order valence-electron chi connectivity index (χ4n) is 2.77. The Morgan fingerprint density at radius 2 is 1.60 bits per heavy atom. The minimum absolute atomic E-state index is 0.0447. The second kappa shape index (κ2) is 9.28. The van der Waals surface area contributed by atoms with Crippen LogP contribution in [0.5, 0.6) is 0 Å². The molecule has 0 aliphatic heterocycles. The number of nitriles is 2. The van der Waals surface area contributed by atoms with E-state index in [1.54, 1.807) is 60.7 Å². The average Bonchev–Trinajstić information content (AvgIpc) is 3.10. The molecule has 4 N–H and O–H groups in total. The highest BCUT2D eigenvalue weighted by Gasteiger charge is 2.32. The summed E-state index contributed by atoms with van der Waals surface area (Å²) in [5.74, 6) is 3.03. The van der Waals surface area contributed by atoms with Crippen LogP contribution in [0.25, 0.3) is 0 Å². The number of nitrogens with two attached hydrogens (primary N) is 1. The molecule has 3 rings (SSSR count). The second-order valence-electron chi connectivity index (χ2n) is 6.14. The van der Waals surface area contributed by atoms with E-state index in [2.05, 4.69) is 26.8 Å². The number of aromatic nitrogens is 3. The van der Waals surface area contributed by atoms with Gasteiger partial charge in [0.05, 0.1) is 12.1 Å². The van der Waals surface area contributed by atoms with Gasteiger partial charge in [-0.05, 0) is 23.3 Å². The molecule has 1 heterocycles. The number of benzene rings is 2. The van der Waals surface area contributed by atoms with Crippen LogP contribution in [0.15, 0.2) is 65.8 Å². The van der Waals surface area contributed by atoms with E-state index in [-0.39, 0.29) is 16.4 Å². The molecule has 148 valence electrons. The Bertz CT molecular complexity index is 1200. The first-order chi connectivity index (χ1) is 14.6. The molecule has 0 unspecified atom stereocenters. The Labute approximate surface area is 177 Å². The molecule has 0 saturated heterocycles. The predicted octanol–water partition coefficient (Wildman–Crippen LogP) is 2.61. The van der Waals surface area contributed by atoms with Crippen molar-refractivity contribution in [1.82, 2.24) is 14.9 Å². The number of ketones is 1. The molecule has 10 heteroatoms. The van der Waals surface area contributed by atoms with Crippen molar-refractivity contribution in [2.45, 2.75) is 11.8 Å². The minimum atomic E-state index is -1.13. The summed E-state index contributed by atoms with van der Waals surface area (Å²) in [6.45, 7) is 0. The number of H-pyrrole nitrogens is 1. The van der Waals surface area contributed by atoms with Gasteiger partial charge in [0.2, 0.25) is 10.6 Å². The third-order valence-corrected chi connectivity index (χ3v) is 4.58. The zero-order valence-electron chi connectivity index (χ0n) is 15.6. The molecule has 0 bridgehead atoms. The first-order valence-corrected chi connectivity index (χ1v) is 9.17. The summed E-state index contributed by atoms with van der Waals surface area (Å²) in [6.07, 6.45) is 0. The van der Waals surface area contributed by atoms with Crippen LogP contribution in [0, 0.1) is 27.4 Å². The molecule has 30 heavy (non-hydrogen) atoms. The highest BCUT2D eigenvalue weighted by atomic mass is 32.1. The van der Waals surface area contributed by atoms with Gasteiger partial charge >= 0.3 is 0 Å². The molecule has 0 fully saturated rings. The second-order valence-corrected chi connectivity index (χ2v) is 6.53. The normalized spacial score (nSPS) is 12.9. The van der Waals surface area contributed by atoms with Gasteiger partial charge in [-0.3, -0.25) is 4.79 Å². The monoisotopic (exact) mass is 416 g/mol. The molecule has 3 aromatic rings. The van der Waals surface area contributed by atoms with Crippen LogP contribution in [-0.2, 0) is 4.79 Å². The summed E-state index contributed by atoms with van der Waals surface area (Å²) < 4.78 is 1.17. The van der Waals surface area contributed by atoms with Gasteiger partial charge in [-0.2, -0.15) is 20.3 Å². The number of nitrogen functional groups attached to an aromatic ring is 1. The van der Waals surface area contributed by atoms with Gasteiger partial charge < -0.3 is 5.84 Å². The zero-order valence-corrected chi connectivity index (χ0v) is 16.4. The molecule has 1 aromatic heterocycles. The van der Waals surface area contributed by atoms with Gasteiger partial charge in [0.1, 0.15) is 17.5 Å². The van der Waals surface area contributed by atoms with E-state index in [9.17, 15) is 15.3 Å². The number of nitrogens with zero attached hydrogens (tertiary/aromatic N) is 5. The largest absolute Gasteiger partial charge is 0.334 e. The maximum atomic E-state index is 13.3. The lowest BCUT2D eigenvalue weighted by atomic mass is 9.86. The maximum Gasteiger partial charge on any atom is 0.262 e. The maximum absolute atomic E-state index is 13.3. The summed E-state index contributed by atoms with van der Waals surface area (Å²) in [5, 5.41) is 30.0. The standard InChI is InChI=1S/C20H16N8OS/c21-11-15(13-7-3-1-4-8-13)17(24-25-19-26-27-20(30)28(19)23)18(29)16(12-22)14-9-5-2-6-10-14/h1-10,15-16H,23H2,(H,25,26)(H,27,30)/b24-17+/t15-,16-/m0/s1. The average molecular weight is 416 g/mol. The lowest BCUT2D eigenvalue weighted by molar-refractivity contribution is -0.113. The van der Waals surface area contributed by atoms with Gasteiger partial charge in [-0.15, -0.1) is 5.10 Å². The van der Waals surface area contributed by atoms with Crippen molar-refractivity contribution in [3.05, 3.63) is 76.6 Å². The van der Waals surface area contributed by atoms with Gasteiger partial charge in [-0.1, -0.05) is 60.7 Å². The van der Waals surface area contributed by atoms with E-state index >= 15 is 0 Å². The molecule has 0 aliphatic carbocycles. The summed E-state index contributed by atoms with van der Waals surface area (Å²) in [6, 6.07) is 21.4. The number of carbonyl (C=O) groups is 1. The molecule has 0 aliphatic rings. The molecule has 0 saturated carbocycles. The summed E-state index contributed by atoms with van der Waals surface area (Å²) >= 11 is 4.95. The van der Waals surface area contributed by atoms with Gasteiger partial charge in [0.25, 0.3) is 5.95 Å². The molecular formula is C20H16N8OS. The summed E-state index contributed by atoms with van der Waals surface area (Å²) in [4.78, 5) is 13.3. The summed E-state index contributed by atoms with van der Waals surface area (Å²) in [5.41, 5.74) is 3.48. The first kappa shape index (κ1) is 20.5. The topological polar surface area (TPSA) is 149 Å². The summed E-state index contributed by atoms with van der Waals surface area (Å²) in [7, 11) is 0. The quantitative estimate of drug-likeness (QED) is 0.232. The van der Waals surface area contributed by atoms with Crippen molar-refractivity contribution in [2.24, 2.45) is 5.10 Å². The molecular weight excluding hydrogens is 400 g/mol. The Morgan fingerprint density at radius 1 is 1.07 bits per heavy atom. The lowest BCUT2D eigenvalue weighted by Crippen LogP contribution is -2.28. The third-order valence-electron chi connectivity index (χ3n) is 4.29. The van der Waals surface area contributed by atoms with Crippen LogP contribution in [-0.4, -0.2) is 26.4 Å². The fraction of sp³-hybridized carbons (Fsp3) is 0.100. The van der Waals surface area contributed by atoms with Crippen LogP contribution in [0.1, 0.15) is 23.0 Å². The number of Topliss-reactive ketones (excluding diaryl/α,β-unsaturated/α-hetero) is 1. The van der Waals surface area contributed by atoms with Gasteiger partial charge in [0, 0.05) is 0 Å². The van der Waals surface area contributed by atoms with Crippen molar-refractivity contribution in [1.29, 1.82) is 10.5 Å². The number of carbonyl (C=O) groups excluding carboxylic acids is 1. The molecule has 2 aromatic carbocycles. The lowest BCUT2D eigenvalue weighted by Gasteiger charge is -2.15. The van der Waals surface area contributed by atoms with E-state index in [0.717, 1.165) is 4.68 Å². The van der Waals surface area contributed by atoms with Crippen molar-refractivity contribution < 1.29 is 4.79 Å². The SMILES string of the molecule is N#C[C@H](C(=O)/C(=N/Nc1n[nH]c(=S)n1N)[C@@H](C#N)c1ccccc1)c1ccccc1. The fourth-order valence-corrected chi connectivity index (χ4v) is 2.90. The number of anilines is 1. The number of aromatic amines is 1. The Balaban J connectivity index is 2.06. The number of rotatable bonds is 7. The smallest absolute Gasteiger partial charge is 0.262 e. The zero-order chi connectivity index (χ0) is 21.5. The number of hydrazone groups is 1. The van der Waals surface area contributed by atoms with Gasteiger partial charge in [-0.25, -0.2) is 10.5 Å². The molecule has 0 amide bonds. The Kier molecular flexibility index (Phi) is 6.33. The van der Waals surface area contributed by atoms with E-state index in [4.69, 9.17) is 18.1 Å². The minimum Gasteiger partial charge on any atom is -0.334 e. The van der Waals surface area contributed by atoms with Crippen LogP contribution in [0.3, 0.4) is 0 Å². The Morgan fingerprint density at radius 3 is 2.07 bits per heavy atom. The van der Waals surface area contributed by atoms with E-state index < -0.39 is 17.6 Å². The number of nitrogens with one attached hydrogen (secondary N) is 2. The van der Waals surface area contributed by atoms with Crippen LogP contribution < -0.4 is 11.3 Å². The van der Waals surface area contributed by atoms with Crippen molar-refractivity contribution in [2.75, 3.05) is 11.3 Å². The molecule has 0 radical (unpaired) electrons. The highest BCUT2D eigenvalue weighted by Crippen LogP contribution is 2.24. The van der Waals surface area contributed by atoms with E-state index in [1.807, 2.05) is 6.07 Å². The van der Waals surface area contributed by atoms with Crippen molar-refractivity contribution in [3.63, 3.8) is 0 Å². The van der Waals surface area contributed by atoms with Crippen LogP contribution in [0.4, 0.5) is 5.95 Å². The van der Waals surface area contributed by atoms with Crippen molar-refractivity contribution in [3.8, 4) is 12.1 Å². The van der Waals surface area contributed by atoms with Crippen LogP contribution >= 0.6 is 12.2 Å². The first-order valence-electron chi connectivity index (χ1n) is 8.76. The predicted molar refractivity (Wildman–Crippen MR) is 113 cm³/mol. The van der Waals surface area contributed by atoms with Crippen LogP contribution in [0.2, 0.25) is 0 Å². The van der Waals surface area contributed by atoms with E-state index in [1.165, 1.54) is 0 Å². The Hall–Kier alpha value is -4.28. The number of hydrogen-bond acceptors (Lipinski definition) is 8. The number of hydrogen-bond donors (Lipinski definition) is 3. The van der Waals surface area contributed by atoms with Crippen molar-refractivity contribution >= 4 is 29.7 Å². The third kappa shape index (κ3) is 4.24. The van der Waals surface area contributed by atoms with E-state index in [0.29, 0.717) is 11.1 Å².